The molecule has 20 heavy (non-hydrogen) atoms. The molecular weight excluding hydrogens is 283 g/mol. The van der Waals surface area contributed by atoms with Crippen LogP contribution in [0.5, 0.6) is 5.75 Å². The van der Waals surface area contributed by atoms with Crippen molar-refractivity contribution in [2.75, 3.05) is 7.11 Å². The molecular formula is C15H12ClFO3. The number of carbonyl (C=O) groups is 1. The van der Waals surface area contributed by atoms with E-state index in [0.717, 1.165) is 0 Å². The average molecular weight is 295 g/mol. The van der Waals surface area contributed by atoms with Gasteiger partial charge in [-0.05, 0) is 30.3 Å². The van der Waals surface area contributed by atoms with E-state index >= 15 is 0 Å². The molecule has 0 saturated heterocycles. The predicted octanol–water partition coefficient (Wildman–Crippen LogP) is 3.84. The lowest BCUT2D eigenvalue weighted by molar-refractivity contribution is 0.0600. The number of ether oxygens (including phenoxy) is 2. The molecule has 0 bridgehead atoms. The summed E-state index contributed by atoms with van der Waals surface area (Å²) in [4.78, 5) is 11.3. The van der Waals surface area contributed by atoms with E-state index in [9.17, 15) is 9.18 Å². The van der Waals surface area contributed by atoms with E-state index in [2.05, 4.69) is 4.74 Å². The second kappa shape index (κ2) is 6.39. The topological polar surface area (TPSA) is 35.5 Å². The molecule has 0 aliphatic carbocycles. The standard InChI is InChI=1S/C15H12ClFO3/c1-19-15(18)10-5-7-12(8-6-10)20-9-11-3-2-4-13(17)14(11)16/h2-8H,9H2,1H3. The quantitative estimate of drug-likeness (QED) is 0.804. The van der Waals surface area contributed by atoms with Crippen molar-refractivity contribution < 1.29 is 18.7 Å². The highest BCUT2D eigenvalue weighted by molar-refractivity contribution is 6.31. The van der Waals surface area contributed by atoms with Crippen molar-refractivity contribution in [1.29, 1.82) is 0 Å². The van der Waals surface area contributed by atoms with Crippen molar-refractivity contribution in [1.82, 2.24) is 0 Å². The van der Waals surface area contributed by atoms with Crippen LogP contribution in [0.1, 0.15) is 15.9 Å². The Bertz CT molecular complexity index is 611. The Labute approximate surface area is 120 Å². The van der Waals surface area contributed by atoms with E-state index in [1.165, 1.54) is 13.2 Å². The lowest BCUT2D eigenvalue weighted by Gasteiger charge is -2.08. The van der Waals surface area contributed by atoms with E-state index in [0.29, 0.717) is 16.9 Å². The summed E-state index contributed by atoms with van der Waals surface area (Å²) in [6, 6.07) is 11.0. The SMILES string of the molecule is COC(=O)c1ccc(OCc2cccc(F)c2Cl)cc1. The molecule has 0 amide bonds. The van der Waals surface area contributed by atoms with Gasteiger partial charge in [-0.3, -0.25) is 0 Å². The highest BCUT2D eigenvalue weighted by Gasteiger charge is 2.07. The fraction of sp³-hybridized carbons (Fsp3) is 0.133. The van der Waals surface area contributed by atoms with Crippen molar-refractivity contribution in [2.24, 2.45) is 0 Å². The molecule has 2 aromatic carbocycles. The minimum absolute atomic E-state index is 0.0543. The number of methoxy groups -OCH3 is 1. The summed E-state index contributed by atoms with van der Waals surface area (Å²) in [7, 11) is 1.32. The monoisotopic (exact) mass is 294 g/mol. The predicted molar refractivity (Wildman–Crippen MR) is 73.5 cm³/mol. The Balaban J connectivity index is 2.04. The number of rotatable bonds is 4. The van der Waals surface area contributed by atoms with E-state index in [1.807, 2.05) is 0 Å². The third-order valence-corrected chi connectivity index (χ3v) is 3.12. The fourth-order valence-electron chi connectivity index (χ4n) is 1.63. The summed E-state index contributed by atoms with van der Waals surface area (Å²) in [5.74, 6) is -0.337. The second-order valence-electron chi connectivity index (χ2n) is 4.02. The highest BCUT2D eigenvalue weighted by atomic mass is 35.5. The summed E-state index contributed by atoms with van der Waals surface area (Å²) in [6.07, 6.45) is 0. The first-order valence-electron chi connectivity index (χ1n) is 5.86. The maximum atomic E-state index is 13.2. The first-order valence-corrected chi connectivity index (χ1v) is 6.23. The lowest BCUT2D eigenvalue weighted by Crippen LogP contribution is -2.01. The number of benzene rings is 2. The molecule has 104 valence electrons. The van der Waals surface area contributed by atoms with E-state index in [4.69, 9.17) is 16.3 Å². The van der Waals surface area contributed by atoms with Crippen molar-refractivity contribution in [2.45, 2.75) is 6.61 Å². The Hall–Kier alpha value is -2.07. The van der Waals surface area contributed by atoms with Crippen molar-refractivity contribution >= 4 is 17.6 Å². The van der Waals surface area contributed by atoms with Crippen LogP contribution in [0.15, 0.2) is 42.5 Å². The van der Waals surface area contributed by atoms with Crippen LogP contribution < -0.4 is 4.74 Å². The molecule has 0 heterocycles. The zero-order valence-electron chi connectivity index (χ0n) is 10.7. The first-order chi connectivity index (χ1) is 9.61. The molecule has 0 spiro atoms. The van der Waals surface area contributed by atoms with Crippen molar-refractivity contribution in [3.8, 4) is 5.75 Å². The smallest absolute Gasteiger partial charge is 0.337 e. The van der Waals surface area contributed by atoms with Gasteiger partial charge in [0, 0.05) is 5.56 Å². The van der Waals surface area contributed by atoms with Gasteiger partial charge in [0.15, 0.2) is 0 Å². The summed E-state index contributed by atoms with van der Waals surface area (Å²) >= 11 is 5.83. The molecule has 0 N–H and O–H groups in total. The van der Waals surface area contributed by atoms with Gasteiger partial charge in [0.25, 0.3) is 0 Å². The number of carbonyl (C=O) groups excluding carboxylic acids is 1. The van der Waals surface area contributed by atoms with Gasteiger partial charge in [-0.25, -0.2) is 9.18 Å². The van der Waals surface area contributed by atoms with Gasteiger partial charge < -0.3 is 9.47 Å². The van der Waals surface area contributed by atoms with Crippen LogP contribution in [0.4, 0.5) is 4.39 Å². The molecule has 0 atom stereocenters. The number of hydrogen-bond donors (Lipinski definition) is 0. The van der Waals surface area contributed by atoms with Gasteiger partial charge in [-0.15, -0.1) is 0 Å². The van der Waals surface area contributed by atoms with Gasteiger partial charge in [0.05, 0.1) is 17.7 Å². The van der Waals surface area contributed by atoms with Crippen LogP contribution in [0.2, 0.25) is 5.02 Å². The van der Waals surface area contributed by atoms with Crippen LogP contribution in [0.3, 0.4) is 0 Å². The molecule has 0 unspecified atom stereocenters. The van der Waals surface area contributed by atoms with Gasteiger partial charge in [-0.2, -0.15) is 0 Å². The number of hydrogen-bond acceptors (Lipinski definition) is 3. The second-order valence-corrected chi connectivity index (χ2v) is 4.40. The first kappa shape index (κ1) is 14.3. The van der Waals surface area contributed by atoms with Crippen LogP contribution in [0, 0.1) is 5.82 Å². The fourth-order valence-corrected chi connectivity index (χ4v) is 1.81. The van der Waals surface area contributed by atoms with Crippen molar-refractivity contribution in [3.05, 3.63) is 64.4 Å². The average Bonchev–Trinajstić information content (AvgIpc) is 2.48. The normalized spacial score (nSPS) is 10.2. The van der Waals surface area contributed by atoms with Gasteiger partial charge in [-0.1, -0.05) is 23.7 Å². The van der Waals surface area contributed by atoms with Crippen LogP contribution in [0.25, 0.3) is 0 Å². The van der Waals surface area contributed by atoms with E-state index in [-0.39, 0.29) is 11.6 Å². The Morgan fingerprint density at radius 3 is 2.55 bits per heavy atom. The largest absolute Gasteiger partial charge is 0.489 e. The molecule has 0 aliphatic heterocycles. The van der Waals surface area contributed by atoms with E-state index < -0.39 is 11.8 Å². The van der Waals surface area contributed by atoms with Gasteiger partial charge in [0.2, 0.25) is 0 Å². The third kappa shape index (κ3) is 3.27. The molecule has 0 aliphatic rings. The summed E-state index contributed by atoms with van der Waals surface area (Å²) in [5, 5.41) is 0.0543. The van der Waals surface area contributed by atoms with Crippen LogP contribution in [-0.2, 0) is 11.3 Å². The zero-order valence-corrected chi connectivity index (χ0v) is 11.5. The summed E-state index contributed by atoms with van der Waals surface area (Å²) in [5.41, 5.74) is 0.993. The van der Waals surface area contributed by atoms with Crippen molar-refractivity contribution in [3.63, 3.8) is 0 Å². The Kier molecular flexibility index (Phi) is 4.58. The van der Waals surface area contributed by atoms with Gasteiger partial charge >= 0.3 is 5.97 Å². The summed E-state index contributed by atoms with van der Waals surface area (Å²) in [6.45, 7) is 0.147. The van der Waals surface area contributed by atoms with E-state index in [1.54, 1.807) is 36.4 Å². The molecule has 2 rings (SSSR count). The third-order valence-electron chi connectivity index (χ3n) is 2.70. The molecule has 0 saturated carbocycles. The van der Waals surface area contributed by atoms with Crippen LogP contribution >= 0.6 is 11.6 Å². The highest BCUT2D eigenvalue weighted by Crippen LogP contribution is 2.22. The molecule has 0 radical (unpaired) electrons. The maximum Gasteiger partial charge on any atom is 0.337 e. The van der Waals surface area contributed by atoms with Gasteiger partial charge in [0.1, 0.15) is 18.2 Å². The number of halogens is 2. The lowest BCUT2D eigenvalue weighted by atomic mass is 10.2. The Morgan fingerprint density at radius 1 is 1.20 bits per heavy atom. The molecule has 0 aromatic heterocycles. The minimum atomic E-state index is -0.478. The molecule has 3 nitrogen and oxygen atoms in total. The Morgan fingerprint density at radius 2 is 1.90 bits per heavy atom. The number of esters is 1. The van der Waals surface area contributed by atoms with Crippen LogP contribution in [-0.4, -0.2) is 13.1 Å². The molecule has 0 fully saturated rings. The molecule has 5 heteroatoms. The zero-order chi connectivity index (χ0) is 14.5. The maximum absolute atomic E-state index is 13.2. The summed E-state index contributed by atoms with van der Waals surface area (Å²) < 4.78 is 23.3. The molecule has 2 aromatic rings. The minimum Gasteiger partial charge on any atom is -0.489 e.